The van der Waals surface area contributed by atoms with Crippen LogP contribution in [0, 0.1) is 0 Å². The summed E-state index contributed by atoms with van der Waals surface area (Å²) in [7, 11) is 0. The van der Waals surface area contributed by atoms with Crippen LogP contribution in [-0.4, -0.2) is 67.3 Å². The maximum absolute atomic E-state index is 13.0. The quantitative estimate of drug-likeness (QED) is 0.380. The lowest BCUT2D eigenvalue weighted by Gasteiger charge is -2.18. The van der Waals surface area contributed by atoms with Gasteiger partial charge in [-0.2, -0.15) is 17.9 Å². The van der Waals surface area contributed by atoms with Gasteiger partial charge in [-0.3, -0.25) is 0 Å². The number of alkyl halides is 3. The largest absolute Gasteiger partial charge is 0.423 e. The van der Waals surface area contributed by atoms with E-state index in [2.05, 4.69) is 31.1 Å². The van der Waals surface area contributed by atoms with E-state index in [0.717, 1.165) is 17.8 Å². The monoisotopic (exact) mass is 542 g/mol. The highest BCUT2D eigenvalue weighted by molar-refractivity contribution is 5.89. The predicted molar refractivity (Wildman–Crippen MR) is 127 cm³/mol. The Labute approximate surface area is 218 Å². The van der Waals surface area contributed by atoms with Gasteiger partial charge in [0.15, 0.2) is 0 Å². The molecule has 0 radical (unpaired) electrons. The zero-order chi connectivity index (χ0) is 27.0. The molecule has 0 saturated carbocycles. The minimum Gasteiger partial charge on any atom is -0.423 e. The number of amides is 2. The molecule has 0 bridgehead atoms. The van der Waals surface area contributed by atoms with Crippen LogP contribution in [0.25, 0.3) is 5.69 Å². The summed E-state index contributed by atoms with van der Waals surface area (Å²) in [5, 5.41) is 16.9. The number of nitrogens with zero attached hydrogens (tertiary/aromatic N) is 6. The van der Waals surface area contributed by atoms with E-state index in [1.165, 1.54) is 16.8 Å². The lowest BCUT2D eigenvalue weighted by atomic mass is 10.1. The number of carbonyl (C=O) groups is 1. The Morgan fingerprint density at radius 2 is 1.90 bits per heavy atom. The number of ether oxygens (including phenoxy) is 3. The number of carbonyl (C=O) groups excluding carboxylic acids is 1. The summed E-state index contributed by atoms with van der Waals surface area (Å²) in [5.41, 5.74) is 0.0538. The first-order valence-electron chi connectivity index (χ1n) is 11.9. The Morgan fingerprint density at radius 3 is 2.67 bits per heavy atom. The Kier molecular flexibility index (Phi) is 6.36. The number of benzene rings is 2. The zero-order valence-corrected chi connectivity index (χ0v) is 20.0. The van der Waals surface area contributed by atoms with E-state index in [4.69, 9.17) is 14.2 Å². The fourth-order valence-electron chi connectivity index (χ4n) is 4.59. The molecule has 15 heteroatoms. The van der Waals surface area contributed by atoms with Crippen molar-refractivity contribution in [3.63, 3.8) is 0 Å². The van der Waals surface area contributed by atoms with Gasteiger partial charge in [-0.15, -0.1) is 0 Å². The average molecular weight is 542 g/mol. The van der Waals surface area contributed by atoms with Gasteiger partial charge in [0.25, 0.3) is 0 Å². The van der Waals surface area contributed by atoms with E-state index in [-0.39, 0.29) is 24.9 Å². The molecule has 202 valence electrons. The molecular formula is C24H21F3N8O4. The number of hydrogen-bond donors (Lipinski definition) is 2. The van der Waals surface area contributed by atoms with Gasteiger partial charge in [-0.05, 0) is 52.9 Å². The normalized spacial score (nSPS) is 22.4. The molecule has 2 aromatic carbocycles. The van der Waals surface area contributed by atoms with Crippen molar-refractivity contribution in [1.82, 2.24) is 35.1 Å². The number of fused-ring (bicyclic) bond motifs is 1. The summed E-state index contributed by atoms with van der Waals surface area (Å²) < 4.78 is 59.9. The number of rotatable bonds is 6. The van der Waals surface area contributed by atoms with Crippen LogP contribution >= 0.6 is 0 Å². The first kappa shape index (κ1) is 24.8. The van der Waals surface area contributed by atoms with Crippen LogP contribution in [0.2, 0.25) is 0 Å². The van der Waals surface area contributed by atoms with Gasteiger partial charge in [-0.1, -0.05) is 11.2 Å². The van der Waals surface area contributed by atoms with Crippen LogP contribution in [0.1, 0.15) is 11.6 Å². The molecule has 4 heterocycles. The Morgan fingerprint density at radius 1 is 1.08 bits per heavy atom. The summed E-state index contributed by atoms with van der Waals surface area (Å²) in [4.78, 5) is 16.5. The van der Waals surface area contributed by atoms with Gasteiger partial charge >= 0.3 is 18.2 Å². The van der Waals surface area contributed by atoms with Crippen LogP contribution in [0.4, 0.5) is 23.7 Å². The van der Waals surface area contributed by atoms with Crippen LogP contribution in [0.3, 0.4) is 0 Å². The molecule has 6 rings (SSSR count). The summed E-state index contributed by atoms with van der Waals surface area (Å²) in [6.45, 7) is 0.333. The average Bonchev–Trinajstić information content (AvgIpc) is 3.71. The second-order valence-corrected chi connectivity index (χ2v) is 8.92. The molecule has 2 aliphatic heterocycles. The van der Waals surface area contributed by atoms with Gasteiger partial charge < -0.3 is 29.4 Å². The van der Waals surface area contributed by atoms with Gasteiger partial charge in [0.2, 0.25) is 0 Å². The van der Waals surface area contributed by atoms with Crippen molar-refractivity contribution in [1.29, 1.82) is 0 Å². The highest BCUT2D eigenvalue weighted by Gasteiger charge is 2.50. The molecule has 2 aromatic heterocycles. The van der Waals surface area contributed by atoms with E-state index < -0.39 is 42.1 Å². The van der Waals surface area contributed by atoms with Crippen LogP contribution < -0.4 is 15.4 Å². The first-order valence-corrected chi connectivity index (χ1v) is 11.9. The Bertz CT molecular complexity index is 1440. The van der Waals surface area contributed by atoms with Crippen molar-refractivity contribution in [2.75, 3.05) is 18.5 Å². The molecule has 2 fully saturated rings. The van der Waals surface area contributed by atoms with Gasteiger partial charge in [0, 0.05) is 23.8 Å². The van der Waals surface area contributed by atoms with E-state index in [0.29, 0.717) is 5.75 Å². The minimum absolute atomic E-state index is 0.0107. The third-order valence-electron chi connectivity index (χ3n) is 6.42. The first-order chi connectivity index (χ1) is 18.8. The number of halogens is 3. The van der Waals surface area contributed by atoms with Gasteiger partial charge in [-0.25, -0.2) is 9.78 Å². The van der Waals surface area contributed by atoms with Crippen molar-refractivity contribution in [3.05, 3.63) is 72.8 Å². The lowest BCUT2D eigenvalue weighted by molar-refractivity contribution is -0.137. The maximum Gasteiger partial charge on any atom is 0.416 e. The molecule has 4 atom stereocenters. The third-order valence-corrected chi connectivity index (χ3v) is 6.42. The van der Waals surface area contributed by atoms with Crippen LogP contribution in [-0.2, 0) is 15.7 Å². The van der Waals surface area contributed by atoms with Crippen molar-refractivity contribution < 1.29 is 32.2 Å². The van der Waals surface area contributed by atoms with Crippen molar-refractivity contribution in [3.8, 4) is 17.4 Å². The molecule has 4 aromatic rings. The lowest BCUT2D eigenvalue weighted by Crippen LogP contribution is -2.45. The molecule has 0 unspecified atom stereocenters. The van der Waals surface area contributed by atoms with E-state index >= 15 is 0 Å². The van der Waals surface area contributed by atoms with Gasteiger partial charge in [0.1, 0.15) is 24.0 Å². The molecule has 39 heavy (non-hydrogen) atoms. The third kappa shape index (κ3) is 5.13. The number of urea groups is 1. The molecule has 0 aliphatic carbocycles. The topological polar surface area (TPSA) is 130 Å². The summed E-state index contributed by atoms with van der Waals surface area (Å²) in [5.74, 6) is 0.517. The van der Waals surface area contributed by atoms with Gasteiger partial charge in [0.05, 0.1) is 31.1 Å². The fraction of sp³-hybridized carbons (Fsp3) is 0.292. The summed E-state index contributed by atoms with van der Waals surface area (Å²) in [6.07, 6.45) is -0.330. The highest BCUT2D eigenvalue weighted by atomic mass is 19.4. The SMILES string of the molecule is O=C(Nc1cccc(C(F)(F)F)c1)N[C@H]1CO[C@H]2[C@@H]1OC[C@@H]2n1nnnc1Oc1ccc(-n2ccnc2)cc1. The second kappa shape index (κ2) is 9.99. The number of aromatic nitrogens is 6. The summed E-state index contributed by atoms with van der Waals surface area (Å²) in [6, 6.07) is 10.1. The Balaban J connectivity index is 1.08. The fourth-order valence-corrected chi connectivity index (χ4v) is 4.59. The minimum atomic E-state index is -4.52. The van der Waals surface area contributed by atoms with E-state index in [1.54, 1.807) is 24.7 Å². The molecule has 12 nitrogen and oxygen atoms in total. The van der Waals surface area contributed by atoms with E-state index in [9.17, 15) is 18.0 Å². The van der Waals surface area contributed by atoms with E-state index in [1.807, 2.05) is 22.9 Å². The van der Waals surface area contributed by atoms with Crippen molar-refractivity contribution in [2.24, 2.45) is 0 Å². The number of tetrazole rings is 1. The number of nitrogens with one attached hydrogen (secondary N) is 2. The number of imidazole rings is 1. The molecule has 2 N–H and O–H groups in total. The Hall–Kier alpha value is -4.50. The number of hydrogen-bond acceptors (Lipinski definition) is 8. The molecule has 0 spiro atoms. The zero-order valence-electron chi connectivity index (χ0n) is 20.0. The summed E-state index contributed by atoms with van der Waals surface area (Å²) >= 11 is 0. The number of anilines is 1. The van der Waals surface area contributed by atoms with Crippen molar-refractivity contribution in [2.45, 2.75) is 30.5 Å². The standard InChI is InChI=1S/C24H21F3N8O4/c25-24(26,27)14-2-1-3-15(10-14)29-22(36)30-18-11-37-21-19(12-38-20(18)21)35-23(31-32-33-35)39-17-6-4-16(5-7-17)34-9-8-28-13-34/h1-10,13,18-21H,11-12H2,(H2,29,30,36)/t18-,19-,20+,21+/m0/s1. The maximum atomic E-state index is 13.0. The second-order valence-electron chi connectivity index (χ2n) is 8.92. The predicted octanol–water partition coefficient (Wildman–Crippen LogP) is 3.20. The van der Waals surface area contributed by atoms with Crippen molar-refractivity contribution >= 4 is 11.7 Å². The van der Waals surface area contributed by atoms with Crippen LogP contribution in [0.15, 0.2) is 67.3 Å². The molecular weight excluding hydrogens is 521 g/mol. The molecule has 2 aliphatic rings. The highest BCUT2D eigenvalue weighted by Crippen LogP contribution is 2.36. The molecule has 2 saturated heterocycles. The van der Waals surface area contributed by atoms with Crippen LogP contribution in [0.5, 0.6) is 11.8 Å². The smallest absolute Gasteiger partial charge is 0.416 e. The molecule has 2 amide bonds.